The first-order valence-electron chi connectivity index (χ1n) is 2.98. The molecule has 0 bridgehead atoms. The third-order valence-corrected chi connectivity index (χ3v) is 1.58. The highest BCUT2D eigenvalue weighted by Gasteiger charge is 2.11. The molecule has 0 aromatic carbocycles. The van der Waals surface area contributed by atoms with Crippen LogP contribution in [0.3, 0.4) is 0 Å². The fraction of sp³-hybridized carbons (Fsp3) is 0.833. The van der Waals surface area contributed by atoms with Gasteiger partial charge in [-0.05, 0) is 13.8 Å². The molecule has 0 aliphatic rings. The van der Waals surface area contributed by atoms with Gasteiger partial charge in [-0.1, -0.05) is 15.9 Å². The first kappa shape index (κ1) is 8.95. The van der Waals surface area contributed by atoms with Crippen molar-refractivity contribution in [2.24, 2.45) is 0 Å². The fourth-order valence-corrected chi connectivity index (χ4v) is 0.809. The van der Waals surface area contributed by atoms with Gasteiger partial charge in [0.25, 0.3) is 0 Å². The van der Waals surface area contributed by atoms with E-state index >= 15 is 0 Å². The lowest BCUT2D eigenvalue weighted by Crippen LogP contribution is -2.31. The fourth-order valence-electron chi connectivity index (χ4n) is 0.460. The maximum Gasteiger partial charge on any atom is 0.235 e. The summed E-state index contributed by atoms with van der Waals surface area (Å²) >= 11 is 3.19. The Balaban J connectivity index is 3.73. The zero-order chi connectivity index (χ0) is 7.44. The van der Waals surface area contributed by atoms with Crippen molar-refractivity contribution in [1.29, 1.82) is 0 Å². The minimum atomic E-state index is -0.0533. The molecule has 0 aliphatic heterocycles. The van der Waals surface area contributed by atoms with Gasteiger partial charge in [-0.3, -0.25) is 4.79 Å². The molecular formula is C6H12BrNO. The molecular weight excluding hydrogens is 182 g/mol. The van der Waals surface area contributed by atoms with E-state index in [4.69, 9.17) is 0 Å². The number of rotatable bonds is 2. The van der Waals surface area contributed by atoms with Gasteiger partial charge < -0.3 is 4.90 Å². The minimum absolute atomic E-state index is 0.0533. The maximum atomic E-state index is 11.0. The number of carbonyl (C=O) groups is 1. The largest absolute Gasteiger partial charge is 0.345 e. The van der Waals surface area contributed by atoms with Crippen molar-refractivity contribution in [3.63, 3.8) is 0 Å². The Bertz CT molecular complexity index is 103. The van der Waals surface area contributed by atoms with E-state index in [9.17, 15) is 4.79 Å². The molecule has 1 amide bonds. The quantitative estimate of drug-likeness (QED) is 0.605. The second-order valence-corrected chi connectivity index (χ2v) is 3.34. The van der Waals surface area contributed by atoms with Crippen LogP contribution in [-0.4, -0.2) is 29.2 Å². The lowest BCUT2D eigenvalue weighted by atomic mass is 10.4. The number of hydrogen-bond donors (Lipinski definition) is 0. The highest BCUT2D eigenvalue weighted by Crippen LogP contribution is 2.00. The lowest BCUT2D eigenvalue weighted by molar-refractivity contribution is -0.128. The molecule has 0 aromatic heterocycles. The monoisotopic (exact) mass is 193 g/mol. The van der Waals surface area contributed by atoms with Crippen LogP contribution in [0.5, 0.6) is 0 Å². The SMILES string of the molecule is CCN(C)C(=O)[C@@H](C)Br. The lowest BCUT2D eigenvalue weighted by Gasteiger charge is -2.15. The Labute approximate surface area is 64.4 Å². The second-order valence-electron chi connectivity index (χ2n) is 1.97. The molecule has 0 fully saturated rings. The Hall–Kier alpha value is -0.0500. The standard InChI is InChI=1S/C6H12BrNO/c1-4-8(3)6(9)5(2)7/h5H,4H2,1-3H3/t5-/m1/s1. The Morgan fingerprint density at radius 2 is 2.22 bits per heavy atom. The van der Waals surface area contributed by atoms with Crippen LogP contribution in [0.15, 0.2) is 0 Å². The summed E-state index contributed by atoms with van der Waals surface area (Å²) < 4.78 is 0. The van der Waals surface area contributed by atoms with Crippen molar-refractivity contribution < 1.29 is 4.79 Å². The van der Waals surface area contributed by atoms with Crippen molar-refractivity contribution in [3.05, 3.63) is 0 Å². The summed E-state index contributed by atoms with van der Waals surface area (Å²) in [7, 11) is 1.79. The van der Waals surface area contributed by atoms with Gasteiger partial charge in [0, 0.05) is 13.6 Å². The van der Waals surface area contributed by atoms with Crippen LogP contribution in [0.2, 0.25) is 0 Å². The van der Waals surface area contributed by atoms with E-state index in [0.29, 0.717) is 0 Å². The van der Waals surface area contributed by atoms with Crippen molar-refractivity contribution in [2.45, 2.75) is 18.7 Å². The molecule has 0 radical (unpaired) electrons. The third kappa shape index (κ3) is 2.84. The number of amides is 1. The van der Waals surface area contributed by atoms with Crippen molar-refractivity contribution in [2.75, 3.05) is 13.6 Å². The Morgan fingerprint density at radius 3 is 2.33 bits per heavy atom. The molecule has 0 saturated carbocycles. The van der Waals surface area contributed by atoms with Gasteiger partial charge in [0.1, 0.15) is 0 Å². The molecule has 0 aliphatic carbocycles. The van der Waals surface area contributed by atoms with Crippen LogP contribution < -0.4 is 0 Å². The summed E-state index contributed by atoms with van der Waals surface area (Å²) in [6.45, 7) is 4.55. The predicted molar refractivity (Wildman–Crippen MR) is 41.7 cm³/mol. The number of nitrogens with zero attached hydrogens (tertiary/aromatic N) is 1. The molecule has 1 atom stereocenters. The first-order valence-corrected chi connectivity index (χ1v) is 3.90. The molecule has 0 spiro atoms. The average Bonchev–Trinajstić information content (AvgIpc) is 1.84. The van der Waals surface area contributed by atoms with Crippen LogP contribution in [0.1, 0.15) is 13.8 Å². The Morgan fingerprint density at radius 1 is 1.78 bits per heavy atom. The number of hydrogen-bond acceptors (Lipinski definition) is 1. The third-order valence-electron chi connectivity index (χ3n) is 1.19. The van der Waals surface area contributed by atoms with Gasteiger partial charge in [0.2, 0.25) is 5.91 Å². The first-order chi connectivity index (χ1) is 4.09. The van der Waals surface area contributed by atoms with E-state index in [1.807, 2.05) is 13.8 Å². The molecule has 0 N–H and O–H groups in total. The molecule has 0 aromatic rings. The highest BCUT2D eigenvalue weighted by atomic mass is 79.9. The molecule has 3 heteroatoms. The summed E-state index contributed by atoms with van der Waals surface area (Å²) in [4.78, 5) is 12.6. The van der Waals surface area contributed by atoms with Gasteiger partial charge in [0.15, 0.2) is 0 Å². The van der Waals surface area contributed by atoms with E-state index in [-0.39, 0.29) is 10.7 Å². The van der Waals surface area contributed by atoms with E-state index in [0.717, 1.165) is 6.54 Å². The van der Waals surface area contributed by atoms with Crippen LogP contribution in [0.25, 0.3) is 0 Å². The predicted octanol–water partition coefficient (Wildman–Crippen LogP) is 1.25. The van der Waals surface area contributed by atoms with Crippen LogP contribution in [0, 0.1) is 0 Å². The molecule has 2 nitrogen and oxygen atoms in total. The highest BCUT2D eigenvalue weighted by molar-refractivity contribution is 9.10. The summed E-state index contributed by atoms with van der Waals surface area (Å²) in [6, 6.07) is 0. The van der Waals surface area contributed by atoms with Gasteiger partial charge in [-0.25, -0.2) is 0 Å². The van der Waals surface area contributed by atoms with Crippen LogP contribution in [0.4, 0.5) is 0 Å². The number of alkyl halides is 1. The summed E-state index contributed by atoms with van der Waals surface area (Å²) in [6.07, 6.45) is 0. The zero-order valence-corrected chi connectivity index (χ0v) is 7.60. The van der Waals surface area contributed by atoms with E-state index in [2.05, 4.69) is 15.9 Å². The van der Waals surface area contributed by atoms with Crippen LogP contribution >= 0.6 is 15.9 Å². The number of halogens is 1. The van der Waals surface area contributed by atoms with E-state index in [1.54, 1.807) is 11.9 Å². The molecule has 9 heavy (non-hydrogen) atoms. The topological polar surface area (TPSA) is 20.3 Å². The average molecular weight is 194 g/mol. The molecule has 0 rings (SSSR count). The molecule has 0 unspecified atom stereocenters. The number of carbonyl (C=O) groups excluding carboxylic acids is 1. The van der Waals surface area contributed by atoms with Crippen molar-refractivity contribution in [3.8, 4) is 0 Å². The van der Waals surface area contributed by atoms with E-state index in [1.165, 1.54) is 0 Å². The van der Waals surface area contributed by atoms with Gasteiger partial charge in [-0.15, -0.1) is 0 Å². The van der Waals surface area contributed by atoms with Gasteiger partial charge in [-0.2, -0.15) is 0 Å². The molecule has 54 valence electrons. The van der Waals surface area contributed by atoms with Crippen LogP contribution in [-0.2, 0) is 4.79 Å². The van der Waals surface area contributed by atoms with E-state index < -0.39 is 0 Å². The van der Waals surface area contributed by atoms with Crippen molar-refractivity contribution >= 4 is 21.8 Å². The molecule has 0 saturated heterocycles. The van der Waals surface area contributed by atoms with Gasteiger partial charge >= 0.3 is 0 Å². The van der Waals surface area contributed by atoms with Crippen molar-refractivity contribution in [1.82, 2.24) is 4.90 Å². The summed E-state index contributed by atoms with van der Waals surface area (Å²) in [5, 5.41) is 0. The second kappa shape index (κ2) is 3.88. The summed E-state index contributed by atoms with van der Waals surface area (Å²) in [5.41, 5.74) is 0. The van der Waals surface area contributed by atoms with Gasteiger partial charge in [0.05, 0.1) is 4.83 Å². The summed E-state index contributed by atoms with van der Waals surface area (Å²) in [5.74, 6) is 0.137. The maximum absolute atomic E-state index is 11.0. The Kier molecular flexibility index (Phi) is 3.86. The zero-order valence-electron chi connectivity index (χ0n) is 6.02. The smallest absolute Gasteiger partial charge is 0.235 e. The molecule has 0 heterocycles. The normalized spacial score (nSPS) is 12.9. The minimum Gasteiger partial charge on any atom is -0.345 e.